The molecule has 1 heterocycles. The predicted molar refractivity (Wildman–Crippen MR) is 94.5 cm³/mol. The highest BCUT2D eigenvalue weighted by Crippen LogP contribution is 2.25. The molecular formula is C19H30N2O2. The van der Waals surface area contributed by atoms with Crippen molar-refractivity contribution in [2.24, 2.45) is 5.41 Å². The van der Waals surface area contributed by atoms with Gasteiger partial charge in [-0.25, -0.2) is 0 Å². The molecule has 1 fully saturated rings. The lowest BCUT2D eigenvalue weighted by Gasteiger charge is -2.28. The van der Waals surface area contributed by atoms with E-state index in [-0.39, 0.29) is 30.0 Å². The molecule has 2 unspecified atom stereocenters. The molecule has 1 saturated heterocycles. The fourth-order valence-electron chi connectivity index (χ4n) is 3.23. The quantitative estimate of drug-likeness (QED) is 0.846. The van der Waals surface area contributed by atoms with Crippen LogP contribution in [0.2, 0.25) is 0 Å². The molecule has 2 N–H and O–H groups in total. The molecule has 23 heavy (non-hydrogen) atoms. The smallest absolute Gasteiger partial charge is 0.227 e. The molecule has 4 nitrogen and oxygen atoms in total. The summed E-state index contributed by atoms with van der Waals surface area (Å²) in [7, 11) is 0. The highest BCUT2D eigenvalue weighted by atomic mass is 16.3. The maximum atomic E-state index is 11.8. The Labute approximate surface area is 139 Å². The van der Waals surface area contributed by atoms with Gasteiger partial charge in [0.2, 0.25) is 5.91 Å². The highest BCUT2D eigenvalue weighted by Gasteiger charge is 2.22. The van der Waals surface area contributed by atoms with E-state index in [9.17, 15) is 9.90 Å². The molecule has 0 spiro atoms. The number of aliphatic hydroxyl groups is 1. The van der Waals surface area contributed by atoms with Gasteiger partial charge in [-0.2, -0.15) is 0 Å². The van der Waals surface area contributed by atoms with E-state index in [1.807, 2.05) is 17.0 Å². The van der Waals surface area contributed by atoms with Gasteiger partial charge in [0.1, 0.15) is 0 Å². The first-order valence-corrected chi connectivity index (χ1v) is 8.57. The number of hydrogen-bond acceptors (Lipinski definition) is 3. The molecule has 1 aromatic rings. The normalized spacial score (nSPS) is 18.3. The van der Waals surface area contributed by atoms with Gasteiger partial charge in [0.05, 0.1) is 6.61 Å². The monoisotopic (exact) mass is 318 g/mol. The van der Waals surface area contributed by atoms with Gasteiger partial charge in [-0.1, -0.05) is 32.9 Å². The van der Waals surface area contributed by atoms with Gasteiger partial charge in [0.15, 0.2) is 0 Å². The third-order valence-electron chi connectivity index (χ3n) is 4.34. The molecule has 2 rings (SSSR count). The van der Waals surface area contributed by atoms with Crippen LogP contribution in [0.25, 0.3) is 0 Å². The largest absolute Gasteiger partial charge is 0.395 e. The van der Waals surface area contributed by atoms with E-state index in [4.69, 9.17) is 0 Å². The molecule has 4 heteroatoms. The SMILES string of the molecule is CC(NC(CO)CC(C)(C)C)c1ccc(N2CCCC2=O)cc1. The average Bonchev–Trinajstić information content (AvgIpc) is 2.91. The number of carbonyl (C=O) groups is 1. The molecule has 0 aliphatic carbocycles. The molecule has 0 saturated carbocycles. The Morgan fingerprint density at radius 2 is 1.91 bits per heavy atom. The first kappa shape index (κ1) is 18.0. The summed E-state index contributed by atoms with van der Waals surface area (Å²) in [4.78, 5) is 13.7. The van der Waals surface area contributed by atoms with Crippen molar-refractivity contribution in [2.45, 2.75) is 59.0 Å². The fourth-order valence-corrected chi connectivity index (χ4v) is 3.23. The van der Waals surface area contributed by atoms with Crippen LogP contribution < -0.4 is 10.2 Å². The standard InChI is InChI=1S/C19H30N2O2/c1-14(20-16(13-22)12-19(2,3)4)15-7-9-17(10-8-15)21-11-5-6-18(21)23/h7-10,14,16,20,22H,5-6,11-13H2,1-4H3. The summed E-state index contributed by atoms with van der Waals surface area (Å²) in [5.74, 6) is 0.217. The molecule has 0 aromatic heterocycles. The van der Waals surface area contributed by atoms with Crippen LogP contribution in [0, 0.1) is 5.41 Å². The number of nitrogens with one attached hydrogen (secondary N) is 1. The number of aliphatic hydroxyl groups excluding tert-OH is 1. The van der Waals surface area contributed by atoms with Crippen molar-refractivity contribution in [1.29, 1.82) is 0 Å². The lowest BCUT2D eigenvalue weighted by Crippen LogP contribution is -2.37. The zero-order chi connectivity index (χ0) is 17.0. The maximum Gasteiger partial charge on any atom is 0.227 e. The van der Waals surface area contributed by atoms with Gasteiger partial charge in [-0.15, -0.1) is 0 Å². The molecule has 1 aliphatic rings. The second-order valence-electron chi connectivity index (χ2n) is 7.77. The zero-order valence-corrected chi connectivity index (χ0v) is 14.8. The van der Waals surface area contributed by atoms with Crippen LogP contribution in [0.3, 0.4) is 0 Å². The van der Waals surface area contributed by atoms with Gasteiger partial charge in [-0.05, 0) is 42.9 Å². The summed E-state index contributed by atoms with van der Waals surface area (Å²) in [6.45, 7) is 9.63. The summed E-state index contributed by atoms with van der Waals surface area (Å²) >= 11 is 0. The molecule has 1 aromatic carbocycles. The fraction of sp³-hybridized carbons (Fsp3) is 0.632. The first-order valence-electron chi connectivity index (χ1n) is 8.57. The van der Waals surface area contributed by atoms with Gasteiger partial charge in [0.25, 0.3) is 0 Å². The minimum atomic E-state index is 0.0878. The lowest BCUT2D eigenvalue weighted by molar-refractivity contribution is -0.117. The van der Waals surface area contributed by atoms with Crippen molar-refractivity contribution in [1.82, 2.24) is 5.32 Å². The minimum absolute atomic E-state index is 0.0878. The van der Waals surface area contributed by atoms with E-state index in [1.165, 1.54) is 5.56 Å². The van der Waals surface area contributed by atoms with Crippen LogP contribution in [-0.2, 0) is 4.79 Å². The Kier molecular flexibility index (Phi) is 5.82. The van der Waals surface area contributed by atoms with Gasteiger partial charge >= 0.3 is 0 Å². The van der Waals surface area contributed by atoms with E-state index in [0.717, 1.165) is 25.1 Å². The Balaban J connectivity index is 1.99. The second-order valence-corrected chi connectivity index (χ2v) is 7.77. The average molecular weight is 318 g/mol. The zero-order valence-electron chi connectivity index (χ0n) is 14.8. The van der Waals surface area contributed by atoms with E-state index >= 15 is 0 Å². The Morgan fingerprint density at radius 3 is 2.39 bits per heavy atom. The van der Waals surface area contributed by atoms with Crippen LogP contribution in [0.1, 0.15) is 58.6 Å². The van der Waals surface area contributed by atoms with E-state index < -0.39 is 0 Å². The number of anilines is 1. The summed E-state index contributed by atoms with van der Waals surface area (Å²) in [5.41, 5.74) is 2.34. The molecule has 128 valence electrons. The van der Waals surface area contributed by atoms with Crippen molar-refractivity contribution in [3.8, 4) is 0 Å². The third-order valence-corrected chi connectivity index (χ3v) is 4.34. The number of benzene rings is 1. The van der Waals surface area contributed by atoms with Crippen LogP contribution in [0.5, 0.6) is 0 Å². The molecule has 2 atom stereocenters. The van der Waals surface area contributed by atoms with Crippen LogP contribution in [0.15, 0.2) is 24.3 Å². The van der Waals surface area contributed by atoms with Crippen LogP contribution in [-0.4, -0.2) is 30.2 Å². The Hall–Kier alpha value is -1.39. The third kappa shape index (κ3) is 5.05. The number of hydrogen-bond donors (Lipinski definition) is 2. The minimum Gasteiger partial charge on any atom is -0.395 e. The van der Waals surface area contributed by atoms with Gasteiger partial charge < -0.3 is 15.3 Å². The highest BCUT2D eigenvalue weighted by molar-refractivity contribution is 5.95. The molecule has 1 amide bonds. The van der Waals surface area contributed by atoms with Crippen molar-refractivity contribution < 1.29 is 9.90 Å². The predicted octanol–water partition coefficient (Wildman–Crippen LogP) is 3.26. The van der Waals surface area contributed by atoms with Crippen molar-refractivity contribution in [2.75, 3.05) is 18.1 Å². The van der Waals surface area contributed by atoms with E-state index in [1.54, 1.807) is 0 Å². The summed E-state index contributed by atoms with van der Waals surface area (Å²) in [6, 6.07) is 8.44. The van der Waals surface area contributed by atoms with Crippen molar-refractivity contribution in [3.63, 3.8) is 0 Å². The van der Waals surface area contributed by atoms with Gasteiger partial charge in [0, 0.05) is 30.7 Å². The van der Waals surface area contributed by atoms with E-state index in [0.29, 0.717) is 6.42 Å². The van der Waals surface area contributed by atoms with E-state index in [2.05, 4.69) is 45.1 Å². The molecule has 0 bridgehead atoms. The summed E-state index contributed by atoms with van der Waals surface area (Å²) < 4.78 is 0. The first-order chi connectivity index (χ1) is 10.8. The Bertz CT molecular complexity index is 519. The van der Waals surface area contributed by atoms with Crippen molar-refractivity contribution in [3.05, 3.63) is 29.8 Å². The second kappa shape index (κ2) is 7.45. The summed E-state index contributed by atoms with van der Waals surface area (Å²) in [5, 5.41) is 13.1. The summed E-state index contributed by atoms with van der Waals surface area (Å²) in [6.07, 6.45) is 2.53. The molecule has 0 radical (unpaired) electrons. The maximum absolute atomic E-state index is 11.8. The number of amides is 1. The molecular weight excluding hydrogens is 288 g/mol. The topological polar surface area (TPSA) is 52.6 Å². The van der Waals surface area contributed by atoms with Gasteiger partial charge in [-0.3, -0.25) is 4.79 Å². The molecule has 1 aliphatic heterocycles. The van der Waals surface area contributed by atoms with Crippen molar-refractivity contribution >= 4 is 11.6 Å². The number of carbonyl (C=O) groups excluding carboxylic acids is 1. The number of rotatable bonds is 6. The van der Waals surface area contributed by atoms with Crippen LogP contribution in [0.4, 0.5) is 5.69 Å². The van der Waals surface area contributed by atoms with Crippen LogP contribution >= 0.6 is 0 Å². The lowest BCUT2D eigenvalue weighted by atomic mass is 9.88. The number of nitrogens with zero attached hydrogens (tertiary/aromatic N) is 1. The Morgan fingerprint density at radius 1 is 1.26 bits per heavy atom.